The molecule has 8 nitrogen and oxygen atoms in total. The molecular weight excluding hydrogens is 619 g/mol. The summed E-state index contributed by atoms with van der Waals surface area (Å²) in [6.45, 7) is 8.44. The first kappa shape index (κ1) is 33.5. The van der Waals surface area contributed by atoms with Crippen LogP contribution in [0.3, 0.4) is 0 Å². The summed E-state index contributed by atoms with van der Waals surface area (Å²) in [6.07, 6.45) is 1.60. The lowest BCUT2D eigenvalue weighted by Gasteiger charge is -2.40. The number of aromatic nitrogens is 2. The highest BCUT2D eigenvalue weighted by Gasteiger charge is 2.70. The molecule has 5 heterocycles. The van der Waals surface area contributed by atoms with E-state index in [9.17, 15) is 27.9 Å². The van der Waals surface area contributed by atoms with Crippen molar-refractivity contribution in [2.75, 3.05) is 27.2 Å². The van der Waals surface area contributed by atoms with E-state index in [0.717, 1.165) is 27.5 Å². The number of halogens is 3. The van der Waals surface area contributed by atoms with E-state index in [2.05, 4.69) is 4.98 Å². The van der Waals surface area contributed by atoms with E-state index in [4.69, 9.17) is 4.98 Å². The number of hydrogen-bond acceptors (Lipinski definition) is 6. The first-order valence-electron chi connectivity index (χ1n) is 16.3. The molecule has 48 heavy (non-hydrogen) atoms. The van der Waals surface area contributed by atoms with Crippen molar-refractivity contribution in [2.24, 2.45) is 5.92 Å². The lowest BCUT2D eigenvalue weighted by atomic mass is 9.92. The number of fused-ring (bicyclic) bond motifs is 3. The summed E-state index contributed by atoms with van der Waals surface area (Å²) in [5.41, 5.74) is 4.11. The lowest BCUT2D eigenvalue weighted by molar-refractivity contribution is -0.740. The molecule has 2 aromatic heterocycles. The molecule has 1 N–H and O–H groups in total. The number of carboxylic acids is 1. The van der Waals surface area contributed by atoms with Crippen molar-refractivity contribution in [3.8, 4) is 11.3 Å². The van der Waals surface area contributed by atoms with Crippen LogP contribution in [0.1, 0.15) is 56.0 Å². The fourth-order valence-corrected chi connectivity index (χ4v) is 7.41. The number of pyridine rings is 2. The van der Waals surface area contributed by atoms with Crippen molar-refractivity contribution in [1.29, 1.82) is 0 Å². The largest absolute Gasteiger partial charge is 0.481 e. The van der Waals surface area contributed by atoms with Gasteiger partial charge in [0.05, 0.1) is 11.3 Å². The van der Waals surface area contributed by atoms with Crippen molar-refractivity contribution >= 4 is 22.6 Å². The van der Waals surface area contributed by atoms with Gasteiger partial charge in [0.25, 0.3) is 0 Å². The summed E-state index contributed by atoms with van der Waals surface area (Å²) in [5.74, 6) is -1.29. The fourth-order valence-electron chi connectivity index (χ4n) is 7.41. The number of aliphatic carboxylic acids is 1. The standard InChI is InChI=1S/C37H40F3N5O3/c1-21(2)14-30-36(48)45(20-32(45)29-16-27(37(38,39)40)25(19-44(29)30)11-13-43(5)6)31(17-33(46)47)28-15-24-10-12-41-18-26(24)35(42-28)34-22(3)8-7-9-23(34)4/h7-10,12,15-16,18-19,21,30-31H,11,13-14,17,20H2,1-6H3/p+1/t30-,31+,45?/m0/s1. The predicted molar refractivity (Wildman–Crippen MR) is 177 cm³/mol. The Hall–Kier alpha value is -4.35. The van der Waals surface area contributed by atoms with Gasteiger partial charge in [0.2, 0.25) is 0 Å². The minimum Gasteiger partial charge on any atom is -0.481 e. The summed E-state index contributed by atoms with van der Waals surface area (Å²) < 4.78 is 43.4. The second kappa shape index (κ2) is 12.3. The molecule has 0 aliphatic carbocycles. The third kappa shape index (κ3) is 5.83. The molecule has 3 atom stereocenters. The Morgan fingerprint density at radius 3 is 2.50 bits per heavy atom. The van der Waals surface area contributed by atoms with Gasteiger partial charge < -0.3 is 14.9 Å². The number of alkyl halides is 3. The van der Waals surface area contributed by atoms with Gasteiger partial charge in [-0.2, -0.15) is 13.2 Å². The van der Waals surface area contributed by atoms with Crippen molar-refractivity contribution in [3.05, 3.63) is 94.4 Å². The van der Waals surface area contributed by atoms with Gasteiger partial charge in [0.15, 0.2) is 18.3 Å². The number of carbonyl (C=O) groups is 2. The molecule has 252 valence electrons. The lowest BCUT2D eigenvalue weighted by Crippen LogP contribution is -2.54. The number of nitrogens with zero attached hydrogens (tertiary/aromatic N) is 5. The number of hydrogen-bond donors (Lipinski definition) is 1. The van der Waals surface area contributed by atoms with Crippen molar-refractivity contribution < 1.29 is 32.3 Å². The molecule has 1 aromatic carbocycles. The monoisotopic (exact) mass is 660 g/mol. The molecule has 0 spiro atoms. The molecule has 0 bridgehead atoms. The first-order chi connectivity index (χ1) is 22.6. The molecule has 1 unspecified atom stereocenters. The number of carbonyl (C=O) groups excluding carboxylic acids is 1. The van der Waals surface area contributed by atoms with Crippen molar-refractivity contribution in [3.63, 3.8) is 0 Å². The Labute approximate surface area is 278 Å². The van der Waals surface area contributed by atoms with E-state index >= 15 is 0 Å². The summed E-state index contributed by atoms with van der Waals surface area (Å²) in [5, 5.41) is 11.8. The third-order valence-electron chi connectivity index (χ3n) is 9.73. The van der Waals surface area contributed by atoms with Gasteiger partial charge in [-0.1, -0.05) is 32.0 Å². The molecule has 3 aliphatic heterocycles. The molecule has 11 heteroatoms. The van der Waals surface area contributed by atoms with Crippen LogP contribution in [-0.2, 0) is 9.59 Å². The average molecular weight is 661 g/mol. The Kier molecular flexibility index (Phi) is 8.58. The van der Waals surface area contributed by atoms with Gasteiger partial charge in [-0.25, -0.2) is 14.3 Å². The van der Waals surface area contributed by atoms with Gasteiger partial charge in [-0.05, 0) is 87.0 Å². The van der Waals surface area contributed by atoms with Crippen LogP contribution in [-0.4, -0.2) is 80.6 Å². The number of aryl methyl sites for hydroxylation is 2. The number of benzene rings is 1. The molecular formula is C37H41F3N5O3+. The van der Waals surface area contributed by atoms with E-state index < -0.39 is 36.2 Å². The number of quaternary nitrogens is 1. The number of allylic oxidation sites excluding steroid dienone is 2. The fraction of sp³-hybridized carbons (Fsp3) is 0.405. The predicted octanol–water partition coefficient (Wildman–Crippen LogP) is 7.07. The molecule has 0 radical (unpaired) electrons. The number of carboxylic acid groups (broad SMARTS) is 1. The summed E-state index contributed by atoms with van der Waals surface area (Å²) >= 11 is 0. The van der Waals surface area contributed by atoms with Crippen LogP contribution in [0.15, 0.2) is 77.5 Å². The average Bonchev–Trinajstić information content (AvgIpc) is 3.76. The van der Waals surface area contributed by atoms with E-state index in [1.807, 2.05) is 77.0 Å². The van der Waals surface area contributed by atoms with Crippen LogP contribution in [0, 0.1) is 19.8 Å². The normalized spacial score (nSPS) is 21.4. The van der Waals surface area contributed by atoms with Gasteiger partial charge in [-0.15, -0.1) is 0 Å². The first-order valence-corrected chi connectivity index (χ1v) is 16.3. The van der Waals surface area contributed by atoms with Gasteiger partial charge in [-0.3, -0.25) is 9.78 Å². The van der Waals surface area contributed by atoms with Crippen LogP contribution in [0.25, 0.3) is 22.0 Å². The molecule has 3 aromatic rings. The minimum atomic E-state index is -4.61. The Morgan fingerprint density at radius 1 is 1.17 bits per heavy atom. The SMILES string of the molecule is Cc1cccc(C)c1-c1nc([C@@H](CC(=O)O)[N+]23CC2=C2C=C(C(F)(F)F)C(CCN(C)C)=CN2[C@@H](CC(C)C)C3=O)cc2ccncc12. The van der Waals surface area contributed by atoms with E-state index in [1.54, 1.807) is 17.3 Å². The van der Waals surface area contributed by atoms with E-state index in [1.165, 1.54) is 12.3 Å². The summed E-state index contributed by atoms with van der Waals surface area (Å²) in [4.78, 5) is 40.4. The zero-order valence-corrected chi connectivity index (χ0v) is 28.1. The maximum absolute atomic E-state index is 14.8. The quantitative estimate of drug-likeness (QED) is 0.184. The zero-order chi connectivity index (χ0) is 34.7. The Morgan fingerprint density at radius 2 is 1.88 bits per heavy atom. The van der Waals surface area contributed by atoms with Crippen LogP contribution in [0.4, 0.5) is 13.2 Å². The van der Waals surface area contributed by atoms with E-state index in [0.29, 0.717) is 35.7 Å². The molecule has 1 saturated heterocycles. The molecule has 6 rings (SSSR count). The second-order valence-corrected chi connectivity index (χ2v) is 13.9. The van der Waals surface area contributed by atoms with Gasteiger partial charge >= 0.3 is 18.1 Å². The summed E-state index contributed by atoms with van der Waals surface area (Å²) in [6, 6.07) is 7.84. The van der Waals surface area contributed by atoms with Crippen LogP contribution < -0.4 is 0 Å². The maximum Gasteiger partial charge on any atom is 0.416 e. The molecule has 1 fully saturated rings. The van der Waals surface area contributed by atoms with Crippen molar-refractivity contribution in [1.82, 2.24) is 19.8 Å². The maximum atomic E-state index is 14.8. The van der Waals surface area contributed by atoms with Crippen molar-refractivity contribution in [2.45, 2.75) is 65.2 Å². The second-order valence-electron chi connectivity index (χ2n) is 13.9. The Bertz CT molecular complexity index is 1890. The topological polar surface area (TPSA) is 86.6 Å². The zero-order valence-electron chi connectivity index (χ0n) is 28.1. The van der Waals surface area contributed by atoms with Gasteiger partial charge in [0, 0.05) is 36.1 Å². The molecule has 3 aliphatic rings. The minimum absolute atomic E-state index is 0.0493. The van der Waals surface area contributed by atoms with Crippen LogP contribution in [0.2, 0.25) is 0 Å². The third-order valence-corrected chi connectivity index (χ3v) is 9.73. The van der Waals surface area contributed by atoms with Crippen LogP contribution >= 0.6 is 0 Å². The Balaban J connectivity index is 1.58. The molecule has 1 amide bonds. The summed E-state index contributed by atoms with van der Waals surface area (Å²) in [7, 11) is 3.61. The van der Waals surface area contributed by atoms with Crippen LogP contribution in [0.5, 0.6) is 0 Å². The number of amides is 1. The smallest absolute Gasteiger partial charge is 0.416 e. The molecule has 0 saturated carbocycles. The van der Waals surface area contributed by atoms with E-state index in [-0.39, 0.29) is 34.8 Å². The highest BCUT2D eigenvalue weighted by molar-refractivity contribution is 5.96. The number of rotatable bonds is 10. The highest BCUT2D eigenvalue weighted by Crippen LogP contribution is 2.56. The van der Waals surface area contributed by atoms with Gasteiger partial charge in [0.1, 0.15) is 23.9 Å². The highest BCUT2D eigenvalue weighted by atomic mass is 19.4.